The minimum Gasteiger partial charge on any atom is -0.483 e. The van der Waals surface area contributed by atoms with Gasteiger partial charge in [-0.1, -0.05) is 6.08 Å². The molecule has 10 nitrogen and oxygen atoms in total. The lowest BCUT2D eigenvalue weighted by molar-refractivity contribution is -0.384. The maximum atomic E-state index is 12.2. The number of hydrogen-bond donors (Lipinski definition) is 1. The van der Waals surface area contributed by atoms with Crippen LogP contribution >= 0.6 is 0 Å². The predicted molar refractivity (Wildman–Crippen MR) is 83.3 cm³/mol. The van der Waals surface area contributed by atoms with E-state index in [9.17, 15) is 24.8 Å². The number of cyclic esters (lactones) is 1. The summed E-state index contributed by atoms with van der Waals surface area (Å²) < 4.78 is 20.1. The van der Waals surface area contributed by atoms with E-state index in [0.717, 1.165) is 0 Å². The van der Waals surface area contributed by atoms with Crippen LogP contribution in [0.4, 0.5) is 10.5 Å². The molecule has 1 aromatic rings. The molecule has 4 atom stereocenters. The Hall–Kier alpha value is -3.14. The number of nitrogens with zero attached hydrogens (tertiary/aromatic N) is 1. The summed E-state index contributed by atoms with van der Waals surface area (Å²) in [6.45, 7) is -0.332. The Bertz CT molecular complexity index is 759. The Labute approximate surface area is 147 Å². The number of benzene rings is 1. The zero-order valence-electron chi connectivity index (χ0n) is 13.6. The minimum atomic E-state index is -1.47. The van der Waals surface area contributed by atoms with E-state index in [1.54, 1.807) is 0 Å². The standard InChI is InChI=1S/C16H15NO9/c1-23-14(19)16-7-6-11(12(18)13(16)26-15(20)24-8-16)25-10-4-2-9(3-5-10)17(21)22/h2-7,11-13,18H,8H2,1H3/t11-,12+,13-,16+/m0/s1. The number of carbonyl (C=O) groups excluding carboxylic acids is 2. The van der Waals surface area contributed by atoms with Gasteiger partial charge in [-0.25, -0.2) is 4.79 Å². The number of aliphatic hydroxyl groups is 1. The van der Waals surface area contributed by atoms with Crippen molar-refractivity contribution >= 4 is 17.8 Å². The maximum Gasteiger partial charge on any atom is 0.508 e. The normalized spacial score (nSPS) is 29.8. The van der Waals surface area contributed by atoms with Crippen LogP contribution in [0.15, 0.2) is 36.4 Å². The molecular weight excluding hydrogens is 350 g/mol. The van der Waals surface area contributed by atoms with Crippen molar-refractivity contribution in [2.45, 2.75) is 18.3 Å². The number of non-ortho nitro benzene ring substituents is 1. The Balaban J connectivity index is 1.85. The summed E-state index contributed by atoms with van der Waals surface area (Å²) in [5, 5.41) is 21.3. The van der Waals surface area contributed by atoms with Gasteiger partial charge in [-0.15, -0.1) is 0 Å². The predicted octanol–water partition coefficient (Wildman–Crippen LogP) is 0.968. The van der Waals surface area contributed by atoms with Gasteiger partial charge in [0.1, 0.15) is 24.6 Å². The first-order chi connectivity index (χ1) is 12.4. The lowest BCUT2D eigenvalue weighted by atomic mass is 9.74. The summed E-state index contributed by atoms with van der Waals surface area (Å²) in [6.07, 6.45) is -1.77. The lowest BCUT2D eigenvalue weighted by Gasteiger charge is -2.44. The third-order valence-electron chi connectivity index (χ3n) is 4.27. The molecule has 10 heteroatoms. The number of rotatable bonds is 4. The third kappa shape index (κ3) is 2.94. The molecule has 0 spiro atoms. The first-order valence-corrected chi connectivity index (χ1v) is 7.58. The quantitative estimate of drug-likeness (QED) is 0.358. The molecule has 0 radical (unpaired) electrons. The molecule has 3 rings (SSSR count). The number of nitro groups is 1. The molecule has 1 fully saturated rings. The maximum absolute atomic E-state index is 12.2. The van der Waals surface area contributed by atoms with Crippen molar-refractivity contribution in [1.29, 1.82) is 0 Å². The van der Waals surface area contributed by atoms with E-state index >= 15 is 0 Å². The highest BCUT2D eigenvalue weighted by Gasteiger charge is 2.58. The zero-order valence-corrected chi connectivity index (χ0v) is 13.6. The summed E-state index contributed by atoms with van der Waals surface area (Å²) in [5.74, 6) is -0.465. The van der Waals surface area contributed by atoms with Gasteiger partial charge in [0.05, 0.1) is 12.0 Å². The average molecular weight is 365 g/mol. The molecule has 1 aliphatic carbocycles. The number of fused-ring (bicyclic) bond motifs is 1. The smallest absolute Gasteiger partial charge is 0.483 e. The Morgan fingerprint density at radius 1 is 1.38 bits per heavy atom. The molecule has 0 aromatic heterocycles. The van der Waals surface area contributed by atoms with Gasteiger partial charge in [0.15, 0.2) is 11.5 Å². The highest BCUT2D eigenvalue weighted by atomic mass is 16.7. The fourth-order valence-electron chi connectivity index (χ4n) is 2.92. The van der Waals surface area contributed by atoms with Crippen molar-refractivity contribution in [3.63, 3.8) is 0 Å². The van der Waals surface area contributed by atoms with Crippen molar-refractivity contribution in [3.05, 3.63) is 46.5 Å². The molecule has 1 aliphatic heterocycles. The molecule has 138 valence electrons. The summed E-state index contributed by atoms with van der Waals surface area (Å²) in [7, 11) is 1.17. The van der Waals surface area contributed by atoms with Gasteiger partial charge in [-0.2, -0.15) is 0 Å². The first kappa shape index (κ1) is 17.7. The molecule has 2 aliphatic rings. The van der Waals surface area contributed by atoms with Gasteiger partial charge in [-0.3, -0.25) is 14.9 Å². The second-order valence-electron chi connectivity index (χ2n) is 5.79. The number of hydrogen-bond acceptors (Lipinski definition) is 9. The van der Waals surface area contributed by atoms with Crippen LogP contribution in [0.25, 0.3) is 0 Å². The fraction of sp³-hybridized carbons (Fsp3) is 0.375. The van der Waals surface area contributed by atoms with Crippen molar-refractivity contribution < 1.29 is 38.6 Å². The highest BCUT2D eigenvalue weighted by Crippen LogP contribution is 2.39. The van der Waals surface area contributed by atoms with Crippen LogP contribution in [0.3, 0.4) is 0 Å². The van der Waals surface area contributed by atoms with Gasteiger partial charge >= 0.3 is 12.1 Å². The summed E-state index contributed by atoms with van der Waals surface area (Å²) >= 11 is 0. The van der Waals surface area contributed by atoms with Gasteiger partial charge in [0.2, 0.25) is 0 Å². The van der Waals surface area contributed by atoms with E-state index < -0.39 is 40.8 Å². The summed E-state index contributed by atoms with van der Waals surface area (Å²) in [4.78, 5) is 33.8. The zero-order chi connectivity index (χ0) is 18.9. The van der Waals surface area contributed by atoms with Crippen LogP contribution in [0, 0.1) is 15.5 Å². The fourth-order valence-corrected chi connectivity index (χ4v) is 2.92. The van der Waals surface area contributed by atoms with Crippen LogP contribution in [0.2, 0.25) is 0 Å². The van der Waals surface area contributed by atoms with E-state index in [-0.39, 0.29) is 18.0 Å². The Morgan fingerprint density at radius 2 is 2.08 bits per heavy atom. The van der Waals surface area contributed by atoms with Gasteiger partial charge in [-0.05, 0) is 18.2 Å². The van der Waals surface area contributed by atoms with Crippen molar-refractivity contribution in [2.75, 3.05) is 13.7 Å². The summed E-state index contributed by atoms with van der Waals surface area (Å²) in [5.41, 5.74) is -1.59. The van der Waals surface area contributed by atoms with Crippen LogP contribution in [0.5, 0.6) is 5.75 Å². The average Bonchev–Trinajstić information content (AvgIpc) is 2.64. The molecular formula is C16H15NO9. The van der Waals surface area contributed by atoms with E-state index in [2.05, 4.69) is 0 Å². The number of aliphatic hydroxyl groups excluding tert-OH is 1. The summed E-state index contributed by atoms with van der Waals surface area (Å²) in [6, 6.07) is 5.25. The van der Waals surface area contributed by atoms with Crippen LogP contribution in [-0.2, 0) is 19.0 Å². The molecule has 1 saturated heterocycles. The van der Waals surface area contributed by atoms with E-state index in [1.165, 1.54) is 43.5 Å². The number of carbonyl (C=O) groups is 2. The van der Waals surface area contributed by atoms with Crippen molar-refractivity contribution in [3.8, 4) is 5.75 Å². The van der Waals surface area contributed by atoms with Gasteiger partial charge in [0.25, 0.3) is 5.69 Å². The third-order valence-corrected chi connectivity index (χ3v) is 4.27. The van der Waals surface area contributed by atoms with Gasteiger partial charge in [0, 0.05) is 12.1 Å². The van der Waals surface area contributed by atoms with E-state index in [0.29, 0.717) is 0 Å². The van der Waals surface area contributed by atoms with Crippen LogP contribution < -0.4 is 4.74 Å². The number of esters is 1. The van der Waals surface area contributed by atoms with Gasteiger partial charge < -0.3 is 24.1 Å². The SMILES string of the molecule is COC(=O)[C@@]12C=C[C@H](Oc3ccc([N+](=O)[O-])cc3)[C@@H](O)[C@@H]1OC(=O)OC2. The topological polar surface area (TPSA) is 134 Å². The number of ether oxygens (including phenoxy) is 4. The lowest BCUT2D eigenvalue weighted by Crippen LogP contribution is -2.61. The molecule has 26 heavy (non-hydrogen) atoms. The Morgan fingerprint density at radius 3 is 2.69 bits per heavy atom. The van der Waals surface area contributed by atoms with Crippen LogP contribution in [0.1, 0.15) is 0 Å². The number of methoxy groups -OCH3 is 1. The minimum absolute atomic E-state index is 0.111. The first-order valence-electron chi connectivity index (χ1n) is 7.58. The van der Waals surface area contributed by atoms with Crippen molar-refractivity contribution in [1.82, 2.24) is 0 Å². The molecule has 1 aromatic carbocycles. The largest absolute Gasteiger partial charge is 0.508 e. The molecule has 0 bridgehead atoms. The van der Waals surface area contributed by atoms with Crippen molar-refractivity contribution in [2.24, 2.45) is 5.41 Å². The monoisotopic (exact) mass is 365 g/mol. The molecule has 1 N–H and O–H groups in total. The second-order valence-corrected chi connectivity index (χ2v) is 5.79. The van der Waals surface area contributed by atoms with Crippen LogP contribution in [-0.4, -0.2) is 54.2 Å². The molecule has 0 unspecified atom stereocenters. The molecule has 1 heterocycles. The Kier molecular flexibility index (Phi) is 4.51. The molecule has 0 saturated carbocycles. The second kappa shape index (κ2) is 6.64. The highest BCUT2D eigenvalue weighted by molar-refractivity contribution is 5.82. The van der Waals surface area contributed by atoms with E-state index in [1.807, 2.05) is 0 Å². The molecule has 0 amide bonds. The number of nitro benzene ring substituents is 1. The van der Waals surface area contributed by atoms with E-state index in [4.69, 9.17) is 18.9 Å².